The Morgan fingerprint density at radius 1 is 1.24 bits per heavy atom. The Bertz CT molecular complexity index is 1120. The number of rotatable bonds is 8. The van der Waals surface area contributed by atoms with Gasteiger partial charge in [0.1, 0.15) is 5.00 Å². The smallest absolute Gasteiger partial charge is 0.254 e. The number of hydrogen-bond donors (Lipinski definition) is 5. The molecule has 182 valence electrons. The van der Waals surface area contributed by atoms with E-state index in [1.165, 1.54) is 17.7 Å². The van der Waals surface area contributed by atoms with E-state index in [-0.39, 0.29) is 23.8 Å². The molecule has 2 saturated carbocycles. The Hall–Kier alpha value is -2.66. The zero-order valence-corrected chi connectivity index (χ0v) is 21.1. The van der Waals surface area contributed by atoms with Crippen molar-refractivity contribution in [3.8, 4) is 0 Å². The summed E-state index contributed by atoms with van der Waals surface area (Å²) in [5.41, 5.74) is 8.75. The number of thiocarbonyl (C=S) groups is 1. The minimum atomic E-state index is -0.0795. The quantitative estimate of drug-likeness (QED) is 0.279. The van der Waals surface area contributed by atoms with Crippen LogP contribution in [0.3, 0.4) is 0 Å². The van der Waals surface area contributed by atoms with E-state index in [0.717, 1.165) is 42.6 Å². The lowest BCUT2D eigenvalue weighted by molar-refractivity contribution is -0.117. The van der Waals surface area contributed by atoms with Gasteiger partial charge in [-0.25, -0.2) is 0 Å². The van der Waals surface area contributed by atoms with Gasteiger partial charge >= 0.3 is 0 Å². The number of aryl methyl sites for hydroxylation is 3. The molecule has 11 heteroatoms. The molecule has 1 atom stereocenters. The van der Waals surface area contributed by atoms with Crippen LogP contribution in [0.15, 0.2) is 6.20 Å². The van der Waals surface area contributed by atoms with Crippen LogP contribution >= 0.6 is 23.6 Å². The van der Waals surface area contributed by atoms with Crippen LogP contribution in [-0.4, -0.2) is 39.3 Å². The van der Waals surface area contributed by atoms with E-state index in [2.05, 4.69) is 31.9 Å². The largest absolute Gasteiger partial charge is 0.358 e. The first-order chi connectivity index (χ1) is 16.4. The Morgan fingerprint density at radius 2 is 2.03 bits per heavy atom. The molecular weight excluding hydrogens is 470 g/mol. The minimum Gasteiger partial charge on any atom is -0.358 e. The van der Waals surface area contributed by atoms with E-state index >= 15 is 0 Å². The molecule has 3 aliphatic carbocycles. The van der Waals surface area contributed by atoms with Gasteiger partial charge in [-0.15, -0.1) is 11.3 Å². The lowest BCUT2D eigenvalue weighted by atomic mass is 9.91. The average Bonchev–Trinajstić information content (AvgIpc) is 3.71. The van der Waals surface area contributed by atoms with E-state index in [1.807, 2.05) is 20.2 Å². The fourth-order valence-electron chi connectivity index (χ4n) is 4.31. The standard InChI is InChI=1S/C23H31N7O2S2/c1-12-11-30(2)29-19(12)27-28-23(33)25-15-7-8-17-16(9-15)18(21(32)24-10-13-3-4-13)22(34-17)26-20(31)14-5-6-14/h11,13-15H,3-10H2,1-2H3,(H,24,32)(H,26,31)(H,27,29)(H2,25,28,33)/t15-/m0/s1. The van der Waals surface area contributed by atoms with Crippen molar-refractivity contribution in [2.45, 2.75) is 57.9 Å². The van der Waals surface area contributed by atoms with Crippen LogP contribution in [0.5, 0.6) is 0 Å². The molecule has 2 aromatic rings. The van der Waals surface area contributed by atoms with Crippen molar-refractivity contribution in [3.05, 3.63) is 27.8 Å². The number of hydrazine groups is 1. The normalized spacial score (nSPS) is 19.2. The second-order valence-corrected chi connectivity index (χ2v) is 11.1. The lowest BCUT2D eigenvalue weighted by Crippen LogP contribution is -2.46. The number of aromatic nitrogens is 2. The first-order valence-corrected chi connectivity index (χ1v) is 13.2. The van der Waals surface area contributed by atoms with Gasteiger partial charge in [-0.2, -0.15) is 5.10 Å². The molecule has 0 saturated heterocycles. The van der Waals surface area contributed by atoms with Crippen LogP contribution in [0.2, 0.25) is 0 Å². The number of amides is 2. The molecule has 3 aliphatic rings. The van der Waals surface area contributed by atoms with Gasteiger partial charge in [0.15, 0.2) is 10.9 Å². The van der Waals surface area contributed by atoms with E-state index < -0.39 is 0 Å². The highest BCUT2D eigenvalue weighted by Gasteiger charge is 2.34. The predicted molar refractivity (Wildman–Crippen MR) is 137 cm³/mol. The van der Waals surface area contributed by atoms with Gasteiger partial charge in [0.25, 0.3) is 5.91 Å². The van der Waals surface area contributed by atoms with Crippen molar-refractivity contribution in [3.63, 3.8) is 0 Å². The molecule has 0 radical (unpaired) electrons. The molecule has 2 heterocycles. The van der Waals surface area contributed by atoms with Crippen molar-refractivity contribution in [2.75, 3.05) is 17.3 Å². The minimum absolute atomic E-state index is 0.0331. The zero-order chi connectivity index (χ0) is 23.8. The molecular formula is C23H31N7O2S2. The Labute approximate surface area is 208 Å². The summed E-state index contributed by atoms with van der Waals surface area (Å²) in [6, 6.07) is 0.0932. The Morgan fingerprint density at radius 3 is 2.71 bits per heavy atom. The van der Waals surface area contributed by atoms with Gasteiger partial charge in [0.2, 0.25) is 5.91 Å². The number of thiophene rings is 1. The van der Waals surface area contributed by atoms with E-state index in [1.54, 1.807) is 16.0 Å². The number of hydrogen-bond acceptors (Lipinski definition) is 6. The number of carbonyl (C=O) groups excluding carboxylic acids is 2. The molecule has 0 unspecified atom stereocenters. The van der Waals surface area contributed by atoms with Crippen LogP contribution in [0.4, 0.5) is 10.8 Å². The van der Waals surface area contributed by atoms with E-state index in [9.17, 15) is 9.59 Å². The molecule has 2 fully saturated rings. The van der Waals surface area contributed by atoms with Gasteiger partial charge in [-0.1, -0.05) is 0 Å². The zero-order valence-electron chi connectivity index (χ0n) is 19.5. The molecule has 34 heavy (non-hydrogen) atoms. The molecule has 5 rings (SSSR count). The highest BCUT2D eigenvalue weighted by Crippen LogP contribution is 2.40. The van der Waals surface area contributed by atoms with Crippen LogP contribution in [0.1, 0.15) is 58.5 Å². The van der Waals surface area contributed by atoms with E-state index in [0.29, 0.717) is 34.6 Å². The van der Waals surface area contributed by atoms with Crippen LogP contribution in [0.25, 0.3) is 0 Å². The Kier molecular flexibility index (Phi) is 6.48. The number of fused-ring (bicyclic) bond motifs is 1. The van der Waals surface area contributed by atoms with Gasteiger partial charge in [0.05, 0.1) is 5.56 Å². The maximum absolute atomic E-state index is 13.2. The molecule has 0 spiro atoms. The van der Waals surface area contributed by atoms with Gasteiger partial charge < -0.3 is 16.0 Å². The summed E-state index contributed by atoms with van der Waals surface area (Å²) in [6.07, 6.45) is 8.57. The summed E-state index contributed by atoms with van der Waals surface area (Å²) in [7, 11) is 1.87. The van der Waals surface area contributed by atoms with Gasteiger partial charge in [-0.3, -0.25) is 25.1 Å². The van der Waals surface area contributed by atoms with Crippen molar-refractivity contribution in [2.24, 2.45) is 18.9 Å². The third kappa shape index (κ3) is 5.35. The topological polar surface area (TPSA) is 112 Å². The van der Waals surface area contributed by atoms with Crippen molar-refractivity contribution in [1.82, 2.24) is 25.8 Å². The van der Waals surface area contributed by atoms with Crippen LogP contribution in [-0.2, 0) is 24.7 Å². The van der Waals surface area contributed by atoms with Crippen molar-refractivity contribution >= 4 is 51.3 Å². The molecule has 2 aromatic heterocycles. The maximum atomic E-state index is 13.2. The maximum Gasteiger partial charge on any atom is 0.254 e. The summed E-state index contributed by atoms with van der Waals surface area (Å²) in [4.78, 5) is 26.8. The molecule has 2 amide bonds. The molecule has 9 nitrogen and oxygen atoms in total. The van der Waals surface area contributed by atoms with Gasteiger partial charge in [-0.05, 0) is 75.6 Å². The fourth-order valence-corrected chi connectivity index (χ4v) is 5.77. The molecule has 0 aliphatic heterocycles. The predicted octanol–water partition coefficient (Wildman–Crippen LogP) is 2.63. The van der Waals surface area contributed by atoms with Crippen LogP contribution < -0.4 is 26.8 Å². The highest BCUT2D eigenvalue weighted by atomic mass is 32.1. The summed E-state index contributed by atoms with van der Waals surface area (Å²) < 4.78 is 1.74. The first-order valence-electron chi connectivity index (χ1n) is 11.9. The average molecular weight is 502 g/mol. The van der Waals surface area contributed by atoms with Crippen molar-refractivity contribution < 1.29 is 9.59 Å². The third-order valence-corrected chi connectivity index (χ3v) is 7.99. The highest BCUT2D eigenvalue weighted by molar-refractivity contribution is 7.80. The first kappa shape index (κ1) is 23.1. The summed E-state index contributed by atoms with van der Waals surface area (Å²) in [6.45, 7) is 2.68. The SMILES string of the molecule is Cc1cn(C)nc1NNC(=S)N[C@H]1CCc2sc(NC(=O)C3CC3)c(C(=O)NCC3CC3)c2C1. The lowest BCUT2D eigenvalue weighted by Gasteiger charge is -2.25. The number of nitrogens with one attached hydrogen (secondary N) is 5. The monoisotopic (exact) mass is 501 g/mol. The molecule has 0 bridgehead atoms. The Balaban J connectivity index is 1.26. The number of anilines is 2. The fraction of sp³-hybridized carbons (Fsp3) is 0.565. The number of nitrogens with zero attached hydrogens (tertiary/aromatic N) is 2. The second kappa shape index (κ2) is 9.53. The number of carbonyl (C=O) groups is 2. The van der Waals surface area contributed by atoms with Crippen LogP contribution in [0, 0.1) is 18.8 Å². The van der Waals surface area contributed by atoms with Gasteiger partial charge in [0, 0.05) is 42.2 Å². The molecule has 0 aromatic carbocycles. The second-order valence-electron chi connectivity index (χ2n) is 9.62. The third-order valence-electron chi connectivity index (χ3n) is 6.56. The summed E-state index contributed by atoms with van der Waals surface area (Å²) in [5.74, 6) is 1.36. The summed E-state index contributed by atoms with van der Waals surface area (Å²) >= 11 is 7.04. The van der Waals surface area contributed by atoms with Crippen molar-refractivity contribution in [1.29, 1.82) is 0 Å². The van der Waals surface area contributed by atoms with E-state index in [4.69, 9.17) is 12.2 Å². The summed E-state index contributed by atoms with van der Waals surface area (Å²) in [5, 5.41) is 15.0. The molecule has 5 N–H and O–H groups in total.